The summed E-state index contributed by atoms with van der Waals surface area (Å²) in [6.45, 7) is 0.0211. The molecule has 3 nitrogen and oxygen atoms in total. The van der Waals surface area contributed by atoms with E-state index in [1.165, 1.54) is 18.2 Å². The minimum Gasteiger partial charge on any atom is -0.480 e. The number of hydrogen-bond donors (Lipinski definition) is 0. The lowest BCUT2D eigenvalue weighted by Gasteiger charge is -2.16. The van der Waals surface area contributed by atoms with Gasteiger partial charge in [-0.2, -0.15) is 26.3 Å². The summed E-state index contributed by atoms with van der Waals surface area (Å²) in [4.78, 5) is 12.1. The summed E-state index contributed by atoms with van der Waals surface area (Å²) in [5, 5.41) is 0.741. The van der Waals surface area contributed by atoms with E-state index in [2.05, 4.69) is 9.47 Å². The summed E-state index contributed by atoms with van der Waals surface area (Å²) in [6.07, 6.45) is -9.34. The molecule has 2 rings (SSSR count). The zero-order valence-electron chi connectivity index (χ0n) is 14.4. The van der Waals surface area contributed by atoms with E-state index in [0.717, 1.165) is 12.1 Å². The number of hydrogen-bond acceptors (Lipinski definition) is 3. The van der Waals surface area contributed by atoms with E-state index in [4.69, 9.17) is 0 Å². The van der Waals surface area contributed by atoms with E-state index in [1.807, 2.05) is 0 Å². The van der Waals surface area contributed by atoms with E-state index in [9.17, 15) is 31.1 Å². The molecule has 2 aromatic rings. The van der Waals surface area contributed by atoms with Crippen LogP contribution in [0, 0.1) is 5.92 Å². The van der Waals surface area contributed by atoms with Gasteiger partial charge in [0.15, 0.2) is 30.5 Å². The second-order valence-electron chi connectivity index (χ2n) is 6.19. The Kier molecular flexibility index (Phi) is 5.91. The summed E-state index contributed by atoms with van der Waals surface area (Å²) in [5.74, 6) is -1.42. The number of halogens is 6. The first-order valence-electron chi connectivity index (χ1n) is 7.87. The molecule has 0 aliphatic heterocycles. The molecule has 2 aromatic carbocycles. The summed E-state index contributed by atoms with van der Waals surface area (Å²) < 4.78 is 83.7. The molecule has 0 saturated carbocycles. The molecule has 0 aliphatic carbocycles. The van der Waals surface area contributed by atoms with Crippen LogP contribution < -0.4 is 9.47 Å². The molecule has 0 aliphatic rings. The van der Waals surface area contributed by atoms with Crippen molar-refractivity contribution in [1.29, 1.82) is 0 Å². The van der Waals surface area contributed by atoms with E-state index >= 15 is 0 Å². The Morgan fingerprint density at radius 3 is 1.78 bits per heavy atom. The maximum atomic E-state index is 12.4. The molecule has 0 amide bonds. The minimum absolute atomic E-state index is 0.174. The van der Waals surface area contributed by atoms with Gasteiger partial charge in [-0.05, 0) is 29.0 Å². The van der Waals surface area contributed by atoms with Crippen molar-refractivity contribution in [2.24, 2.45) is 5.92 Å². The highest BCUT2D eigenvalue weighted by atomic mass is 19.4. The van der Waals surface area contributed by atoms with Crippen LogP contribution in [0.1, 0.15) is 24.2 Å². The molecule has 0 fully saturated rings. The minimum atomic E-state index is -4.67. The zero-order valence-corrected chi connectivity index (χ0v) is 14.4. The highest BCUT2D eigenvalue weighted by Crippen LogP contribution is 2.35. The van der Waals surface area contributed by atoms with Crippen molar-refractivity contribution in [3.63, 3.8) is 0 Å². The number of ketones is 1. The second kappa shape index (κ2) is 7.66. The number of ether oxygens (including phenoxy) is 2. The van der Waals surface area contributed by atoms with Crippen LogP contribution in [0.4, 0.5) is 26.3 Å². The fourth-order valence-corrected chi connectivity index (χ4v) is 2.29. The molecular formula is C18H16F6O3. The largest absolute Gasteiger partial charge is 0.480 e. The van der Waals surface area contributed by atoms with Crippen molar-refractivity contribution in [2.45, 2.75) is 26.2 Å². The van der Waals surface area contributed by atoms with Gasteiger partial charge in [-0.15, -0.1) is 0 Å². The fourth-order valence-electron chi connectivity index (χ4n) is 2.29. The van der Waals surface area contributed by atoms with Gasteiger partial charge in [-0.3, -0.25) is 4.79 Å². The third kappa shape index (κ3) is 6.04. The maximum absolute atomic E-state index is 12.4. The molecule has 0 bridgehead atoms. The van der Waals surface area contributed by atoms with Gasteiger partial charge >= 0.3 is 12.4 Å². The highest BCUT2D eigenvalue weighted by Gasteiger charge is 2.31. The van der Waals surface area contributed by atoms with Crippen LogP contribution in [-0.4, -0.2) is 31.3 Å². The molecule has 0 heterocycles. The van der Waals surface area contributed by atoms with Gasteiger partial charge in [0.25, 0.3) is 0 Å². The van der Waals surface area contributed by atoms with Crippen LogP contribution in [0.5, 0.6) is 11.5 Å². The van der Waals surface area contributed by atoms with Gasteiger partial charge in [0.05, 0.1) is 0 Å². The average molecular weight is 394 g/mol. The topological polar surface area (TPSA) is 35.5 Å². The van der Waals surface area contributed by atoms with Crippen molar-refractivity contribution in [3.8, 4) is 11.5 Å². The molecule has 0 atom stereocenters. The third-order valence-electron chi connectivity index (χ3n) is 3.49. The van der Waals surface area contributed by atoms with Gasteiger partial charge in [-0.1, -0.05) is 26.0 Å². The van der Waals surface area contributed by atoms with E-state index in [1.54, 1.807) is 13.8 Å². The van der Waals surface area contributed by atoms with Crippen molar-refractivity contribution in [3.05, 3.63) is 35.9 Å². The predicted molar refractivity (Wildman–Crippen MR) is 86.2 cm³/mol. The monoisotopic (exact) mass is 394 g/mol. The zero-order chi connectivity index (χ0) is 20.4. The average Bonchev–Trinajstić information content (AvgIpc) is 2.55. The molecule has 0 N–H and O–H groups in total. The number of alkyl halides is 6. The molecule has 0 saturated heterocycles. The normalized spacial score (nSPS) is 12.5. The summed E-state index contributed by atoms with van der Waals surface area (Å²) in [7, 11) is 0. The van der Waals surface area contributed by atoms with E-state index < -0.39 is 37.1 Å². The van der Waals surface area contributed by atoms with Gasteiger partial charge in [0, 0.05) is 11.5 Å². The Hall–Kier alpha value is -2.45. The number of benzene rings is 2. The summed E-state index contributed by atoms with van der Waals surface area (Å²) >= 11 is 0. The standard InChI is InChI=1S/C18H16F6O3/c1-10(2)16(25)12-4-3-11-6-14(26-8-17(19,20)21)15(7-13(11)5-12)27-9-18(22,23)24/h3-7,10H,8-9H2,1-2H3. The van der Waals surface area contributed by atoms with Crippen molar-refractivity contribution >= 4 is 16.6 Å². The molecule has 0 spiro atoms. The summed E-state index contributed by atoms with van der Waals surface area (Å²) in [5.41, 5.74) is 0.336. The first-order valence-corrected chi connectivity index (χ1v) is 7.87. The van der Waals surface area contributed by atoms with Gasteiger partial charge in [0.1, 0.15) is 0 Å². The smallest absolute Gasteiger partial charge is 0.422 e. The van der Waals surface area contributed by atoms with Crippen LogP contribution in [-0.2, 0) is 0 Å². The lowest BCUT2D eigenvalue weighted by atomic mass is 9.98. The number of Topliss-reactive ketones (excluding diaryl/α,β-unsaturated/α-hetero) is 1. The van der Waals surface area contributed by atoms with Crippen LogP contribution >= 0.6 is 0 Å². The van der Waals surface area contributed by atoms with E-state index in [-0.39, 0.29) is 11.7 Å². The number of fused-ring (bicyclic) bond motifs is 1. The van der Waals surface area contributed by atoms with Crippen LogP contribution in [0.15, 0.2) is 30.3 Å². The quantitative estimate of drug-likeness (QED) is 0.475. The molecule has 0 aromatic heterocycles. The third-order valence-corrected chi connectivity index (χ3v) is 3.49. The SMILES string of the molecule is CC(C)C(=O)c1ccc2cc(OCC(F)(F)F)c(OCC(F)(F)F)cc2c1. The van der Waals surface area contributed by atoms with Gasteiger partial charge in [-0.25, -0.2) is 0 Å². The van der Waals surface area contributed by atoms with Crippen LogP contribution in [0.25, 0.3) is 10.8 Å². The second-order valence-corrected chi connectivity index (χ2v) is 6.19. The van der Waals surface area contributed by atoms with Crippen LogP contribution in [0.3, 0.4) is 0 Å². The fraction of sp³-hybridized carbons (Fsp3) is 0.389. The van der Waals surface area contributed by atoms with Gasteiger partial charge < -0.3 is 9.47 Å². The molecule has 148 valence electrons. The lowest BCUT2D eigenvalue weighted by molar-refractivity contribution is -0.158. The predicted octanol–water partition coefficient (Wildman–Crippen LogP) is 5.56. The first-order chi connectivity index (χ1) is 12.4. The molecule has 0 radical (unpaired) electrons. The lowest BCUT2D eigenvalue weighted by Crippen LogP contribution is -2.21. The van der Waals surface area contributed by atoms with Gasteiger partial charge in [0.2, 0.25) is 0 Å². The first kappa shape index (κ1) is 20.9. The molecule has 0 unspecified atom stereocenters. The number of carbonyl (C=O) groups is 1. The van der Waals surface area contributed by atoms with Crippen molar-refractivity contribution < 1.29 is 40.6 Å². The Morgan fingerprint density at radius 1 is 0.852 bits per heavy atom. The van der Waals surface area contributed by atoms with Crippen molar-refractivity contribution in [1.82, 2.24) is 0 Å². The maximum Gasteiger partial charge on any atom is 0.422 e. The molecule has 9 heteroatoms. The Labute approximate surface area is 150 Å². The van der Waals surface area contributed by atoms with Crippen molar-refractivity contribution in [2.75, 3.05) is 13.2 Å². The number of rotatable bonds is 6. The highest BCUT2D eigenvalue weighted by molar-refractivity contribution is 6.01. The molecule has 27 heavy (non-hydrogen) atoms. The Morgan fingerprint density at radius 2 is 1.33 bits per heavy atom. The summed E-state index contributed by atoms with van der Waals surface area (Å²) in [6, 6.07) is 6.71. The Bertz CT molecular complexity index is 824. The molecular weight excluding hydrogens is 378 g/mol. The number of carbonyl (C=O) groups excluding carboxylic acids is 1. The van der Waals surface area contributed by atoms with E-state index in [0.29, 0.717) is 16.3 Å². The van der Waals surface area contributed by atoms with Crippen LogP contribution in [0.2, 0.25) is 0 Å². The Balaban J connectivity index is 2.44.